The maximum absolute atomic E-state index is 12.4. The van der Waals surface area contributed by atoms with Gasteiger partial charge in [-0.2, -0.15) is 0 Å². The lowest BCUT2D eigenvalue weighted by molar-refractivity contribution is -0.421. The fraction of sp³-hybridized carbons (Fsp3) is 0.333. The molecule has 2 aromatic carbocycles. The predicted molar refractivity (Wildman–Crippen MR) is 144 cm³/mol. The third kappa shape index (κ3) is 8.14. The minimum absolute atomic E-state index is 0.347. The van der Waals surface area contributed by atoms with Crippen molar-refractivity contribution in [2.24, 2.45) is 0 Å². The molecule has 0 unspecified atom stereocenters. The van der Waals surface area contributed by atoms with Crippen molar-refractivity contribution >= 4 is 38.5 Å². The Hall–Kier alpha value is -2.79. The van der Waals surface area contributed by atoms with E-state index in [2.05, 4.69) is 39.3 Å². The van der Waals surface area contributed by atoms with E-state index in [-0.39, 0.29) is 0 Å². The van der Waals surface area contributed by atoms with Crippen molar-refractivity contribution in [2.45, 2.75) is 58.7 Å². The van der Waals surface area contributed by atoms with E-state index in [1.807, 2.05) is 42.6 Å². The summed E-state index contributed by atoms with van der Waals surface area (Å²) in [5.41, 5.74) is 4.66. The molecule has 35 heavy (non-hydrogen) atoms. The molecule has 0 radical (unpaired) electrons. The van der Waals surface area contributed by atoms with Gasteiger partial charge in [0.1, 0.15) is 16.1 Å². The number of rotatable bonds is 13. The molecule has 0 atom stereocenters. The van der Waals surface area contributed by atoms with Gasteiger partial charge in [0.15, 0.2) is 0 Å². The summed E-state index contributed by atoms with van der Waals surface area (Å²) in [5, 5.41) is 2.31. The Kier molecular flexibility index (Phi) is 10.4. The van der Waals surface area contributed by atoms with Crippen LogP contribution in [0.25, 0.3) is 0 Å². The molecule has 0 bridgehead atoms. The Balaban J connectivity index is 1.95. The molecule has 0 N–H and O–H groups in total. The first kappa shape index (κ1) is 28.5. The van der Waals surface area contributed by atoms with Crippen LogP contribution in [0.3, 0.4) is 0 Å². The quantitative estimate of drug-likeness (QED) is 0.156. The van der Waals surface area contributed by atoms with Crippen LogP contribution in [0.15, 0.2) is 73.1 Å². The lowest BCUT2D eigenvalue weighted by Crippen LogP contribution is -2.39. The SMILES string of the molecule is C=C[Si](C)(C)c1ccc(C(=O)OOC(CCCC)OOC(=O)c2ccc([Si](C)(C)C=C)cc2)cc1. The second kappa shape index (κ2) is 12.8. The number of hydrogen-bond donors (Lipinski definition) is 0. The Morgan fingerprint density at radius 3 is 1.46 bits per heavy atom. The van der Waals surface area contributed by atoms with Crippen molar-refractivity contribution in [1.29, 1.82) is 0 Å². The zero-order valence-electron chi connectivity index (χ0n) is 21.3. The molecule has 0 aliphatic heterocycles. The minimum atomic E-state index is -1.72. The van der Waals surface area contributed by atoms with Crippen molar-refractivity contribution in [1.82, 2.24) is 0 Å². The highest BCUT2D eigenvalue weighted by Gasteiger charge is 2.23. The minimum Gasteiger partial charge on any atom is -0.290 e. The normalized spacial score (nSPS) is 11.7. The van der Waals surface area contributed by atoms with Gasteiger partial charge in [-0.05, 0) is 30.7 Å². The summed E-state index contributed by atoms with van der Waals surface area (Å²) in [6, 6.07) is 14.4. The highest BCUT2D eigenvalue weighted by atomic mass is 28.3. The zero-order valence-corrected chi connectivity index (χ0v) is 23.3. The predicted octanol–water partition coefficient (Wildman–Crippen LogP) is 5.36. The van der Waals surface area contributed by atoms with E-state index < -0.39 is 34.4 Å². The average Bonchev–Trinajstić information content (AvgIpc) is 2.87. The third-order valence-corrected chi connectivity index (χ3v) is 11.7. The lowest BCUT2D eigenvalue weighted by atomic mass is 10.2. The number of carbonyl (C=O) groups is 2. The molecule has 0 fully saturated rings. The molecule has 0 aromatic heterocycles. The molecule has 6 nitrogen and oxygen atoms in total. The molecular formula is C27H36O6Si2. The van der Waals surface area contributed by atoms with Crippen molar-refractivity contribution in [3.63, 3.8) is 0 Å². The van der Waals surface area contributed by atoms with Gasteiger partial charge in [-0.15, -0.1) is 22.9 Å². The molecule has 0 aliphatic rings. The van der Waals surface area contributed by atoms with Crippen LogP contribution in [0.1, 0.15) is 46.9 Å². The van der Waals surface area contributed by atoms with Crippen LogP contribution < -0.4 is 10.4 Å². The molecule has 2 rings (SSSR count). The summed E-state index contributed by atoms with van der Waals surface area (Å²) in [4.78, 5) is 45.2. The highest BCUT2D eigenvalue weighted by Crippen LogP contribution is 2.13. The summed E-state index contributed by atoms with van der Waals surface area (Å²) in [7, 11) is -3.43. The molecule has 0 aliphatic carbocycles. The van der Waals surface area contributed by atoms with Gasteiger partial charge in [-0.1, -0.05) is 85.6 Å². The van der Waals surface area contributed by atoms with E-state index in [0.29, 0.717) is 17.5 Å². The van der Waals surface area contributed by atoms with Gasteiger partial charge in [-0.3, -0.25) is 9.78 Å². The zero-order chi connectivity index (χ0) is 26.1. The van der Waals surface area contributed by atoms with Gasteiger partial charge in [0.25, 0.3) is 0 Å². The van der Waals surface area contributed by atoms with Gasteiger partial charge in [0, 0.05) is 6.42 Å². The van der Waals surface area contributed by atoms with Gasteiger partial charge in [0.05, 0.1) is 11.1 Å². The topological polar surface area (TPSA) is 71.1 Å². The van der Waals surface area contributed by atoms with Crippen LogP contribution >= 0.6 is 0 Å². The summed E-state index contributed by atoms with van der Waals surface area (Å²) < 4.78 is 0. The first-order valence-corrected chi connectivity index (χ1v) is 17.9. The largest absolute Gasteiger partial charge is 0.373 e. The average molecular weight is 513 g/mol. The summed E-state index contributed by atoms with van der Waals surface area (Å²) in [6.07, 6.45) is 0.930. The van der Waals surface area contributed by atoms with E-state index in [1.165, 1.54) is 0 Å². The maximum atomic E-state index is 12.4. The first-order chi connectivity index (χ1) is 16.5. The van der Waals surface area contributed by atoms with Crippen LogP contribution in [0.4, 0.5) is 0 Å². The lowest BCUT2D eigenvalue weighted by Gasteiger charge is -2.18. The van der Waals surface area contributed by atoms with Crippen LogP contribution in [0.2, 0.25) is 26.2 Å². The van der Waals surface area contributed by atoms with Crippen LogP contribution in [0, 0.1) is 0 Å². The van der Waals surface area contributed by atoms with Crippen LogP contribution in [-0.4, -0.2) is 34.4 Å². The molecular weight excluding hydrogens is 476 g/mol. The van der Waals surface area contributed by atoms with Crippen molar-refractivity contribution < 1.29 is 29.1 Å². The molecule has 0 saturated heterocycles. The van der Waals surface area contributed by atoms with Gasteiger partial charge in [0.2, 0.25) is 6.29 Å². The van der Waals surface area contributed by atoms with Gasteiger partial charge >= 0.3 is 11.9 Å². The molecule has 0 saturated carbocycles. The first-order valence-electron chi connectivity index (χ1n) is 11.8. The van der Waals surface area contributed by atoms with Crippen molar-refractivity contribution in [3.05, 3.63) is 84.2 Å². The van der Waals surface area contributed by atoms with Crippen LogP contribution in [0.5, 0.6) is 0 Å². The molecule has 0 spiro atoms. The monoisotopic (exact) mass is 512 g/mol. The molecule has 188 valence electrons. The second-order valence-electron chi connectivity index (χ2n) is 9.51. The number of hydrogen-bond acceptors (Lipinski definition) is 6. The number of benzene rings is 2. The molecule has 2 aromatic rings. The Morgan fingerprint density at radius 1 is 0.771 bits per heavy atom. The summed E-state index contributed by atoms with van der Waals surface area (Å²) >= 11 is 0. The maximum Gasteiger partial charge on any atom is 0.373 e. The van der Waals surface area contributed by atoms with Crippen molar-refractivity contribution in [3.8, 4) is 0 Å². The summed E-state index contributed by atoms with van der Waals surface area (Å²) in [5.74, 6) is -1.31. The van der Waals surface area contributed by atoms with E-state index in [0.717, 1.165) is 23.2 Å². The Labute approximate surface area is 210 Å². The van der Waals surface area contributed by atoms with E-state index in [4.69, 9.17) is 19.6 Å². The van der Waals surface area contributed by atoms with E-state index in [9.17, 15) is 9.59 Å². The Morgan fingerprint density at radius 2 is 1.14 bits per heavy atom. The smallest absolute Gasteiger partial charge is 0.290 e. The number of unbranched alkanes of at least 4 members (excludes halogenated alkanes) is 1. The van der Waals surface area contributed by atoms with E-state index >= 15 is 0 Å². The highest BCUT2D eigenvalue weighted by molar-refractivity contribution is 6.94. The summed E-state index contributed by atoms with van der Waals surface area (Å²) in [6.45, 7) is 18.5. The number of carbonyl (C=O) groups excluding carboxylic acids is 2. The Bertz CT molecular complexity index is 933. The van der Waals surface area contributed by atoms with Gasteiger partial charge < -0.3 is 0 Å². The molecule has 0 heterocycles. The third-order valence-electron chi connectivity index (χ3n) is 6.01. The van der Waals surface area contributed by atoms with Crippen molar-refractivity contribution in [2.75, 3.05) is 0 Å². The fourth-order valence-electron chi connectivity index (χ4n) is 3.08. The van der Waals surface area contributed by atoms with Crippen LogP contribution in [-0.2, 0) is 19.6 Å². The molecule has 8 heteroatoms. The fourth-order valence-corrected chi connectivity index (χ4v) is 5.60. The molecule has 0 amide bonds. The van der Waals surface area contributed by atoms with E-state index in [1.54, 1.807) is 24.3 Å². The van der Waals surface area contributed by atoms with Gasteiger partial charge in [-0.25, -0.2) is 9.59 Å². The second-order valence-corrected chi connectivity index (χ2v) is 18.4. The standard InChI is InChI=1S/C27H36O6Si2/c1-8-11-12-25(30-32-26(28)21-13-17-23(18-14-21)34(4,5)9-2)31-33-27(29)22-15-19-24(20-16-22)35(6,7)10-3/h9-10,13-20,25H,2-3,8,11-12H2,1,4-7H3.